The third-order valence-corrected chi connectivity index (χ3v) is 7.35. The second kappa shape index (κ2) is 7.65. The molecule has 2 N–H and O–H groups in total. The van der Waals surface area contributed by atoms with E-state index in [1.54, 1.807) is 5.38 Å². The summed E-state index contributed by atoms with van der Waals surface area (Å²) in [7, 11) is -2.00. The van der Waals surface area contributed by atoms with Gasteiger partial charge in [0.1, 0.15) is 6.54 Å². The summed E-state index contributed by atoms with van der Waals surface area (Å²) in [6.07, 6.45) is 0. The molecule has 0 saturated carbocycles. The van der Waals surface area contributed by atoms with E-state index in [0.717, 1.165) is 31.0 Å². The number of carbonyl (C=O) groups is 1. The molecule has 1 aliphatic rings. The van der Waals surface area contributed by atoms with Crippen LogP contribution in [0.2, 0.25) is 0 Å². The number of nitrogens with one attached hydrogen (secondary N) is 2. The average Bonchev–Trinajstić information content (AvgIpc) is 3.13. The molecule has 1 fully saturated rings. The standard InChI is InChI=1S/C17H21N3O3S2/c1-18-17(21)16-11-15(13-24-16)25(22,23)20-9-7-19(8-10-20)12-14-5-3-2-4-6-14/h2-6,11,13H,7-10,12H2,1H3,(H,18,21)/p+1. The number of piperazine rings is 1. The van der Waals surface area contributed by atoms with Crippen molar-refractivity contribution in [1.29, 1.82) is 0 Å². The van der Waals surface area contributed by atoms with Crippen LogP contribution in [0, 0.1) is 0 Å². The Morgan fingerprint density at radius 2 is 1.92 bits per heavy atom. The minimum Gasteiger partial charge on any atom is -0.354 e. The Morgan fingerprint density at radius 3 is 2.56 bits per heavy atom. The lowest BCUT2D eigenvalue weighted by Gasteiger charge is -2.31. The molecule has 0 radical (unpaired) electrons. The van der Waals surface area contributed by atoms with Gasteiger partial charge in [0, 0.05) is 18.0 Å². The Bertz CT molecular complexity index is 826. The molecule has 2 aromatic rings. The van der Waals surface area contributed by atoms with Crippen molar-refractivity contribution < 1.29 is 18.1 Å². The molecular formula is C17H22N3O3S2+. The summed E-state index contributed by atoms with van der Waals surface area (Å²) in [5.41, 5.74) is 1.27. The fraction of sp³-hybridized carbons (Fsp3) is 0.353. The lowest BCUT2D eigenvalue weighted by molar-refractivity contribution is -0.917. The number of hydrogen-bond donors (Lipinski definition) is 2. The number of sulfonamides is 1. The van der Waals surface area contributed by atoms with Gasteiger partial charge >= 0.3 is 0 Å². The van der Waals surface area contributed by atoms with Gasteiger partial charge in [0.05, 0.1) is 36.0 Å². The third kappa shape index (κ3) is 4.09. The summed E-state index contributed by atoms with van der Waals surface area (Å²) in [5, 5.41) is 4.06. The van der Waals surface area contributed by atoms with Crippen LogP contribution in [0.1, 0.15) is 15.2 Å². The SMILES string of the molecule is CNC(=O)c1cc(S(=O)(=O)N2CC[NH+](Cc3ccccc3)CC2)cs1. The highest BCUT2D eigenvalue weighted by Crippen LogP contribution is 2.22. The fourth-order valence-corrected chi connectivity index (χ4v) is 5.60. The first-order chi connectivity index (χ1) is 12.0. The molecule has 6 nitrogen and oxygen atoms in total. The van der Waals surface area contributed by atoms with Crippen LogP contribution < -0.4 is 10.2 Å². The Hall–Kier alpha value is -1.74. The monoisotopic (exact) mass is 380 g/mol. The summed E-state index contributed by atoms with van der Waals surface area (Å²) < 4.78 is 27.1. The number of rotatable bonds is 5. The molecule has 134 valence electrons. The Kier molecular flexibility index (Phi) is 5.53. The van der Waals surface area contributed by atoms with E-state index in [4.69, 9.17) is 0 Å². The molecule has 0 unspecified atom stereocenters. The van der Waals surface area contributed by atoms with Gasteiger partial charge < -0.3 is 10.2 Å². The fourth-order valence-electron chi connectivity index (χ4n) is 2.95. The van der Waals surface area contributed by atoms with Crippen molar-refractivity contribution >= 4 is 27.3 Å². The van der Waals surface area contributed by atoms with Crippen molar-refractivity contribution in [1.82, 2.24) is 9.62 Å². The first-order valence-electron chi connectivity index (χ1n) is 8.19. The first-order valence-corrected chi connectivity index (χ1v) is 10.5. The zero-order chi connectivity index (χ0) is 17.9. The van der Waals surface area contributed by atoms with Crippen LogP contribution in [-0.4, -0.2) is 51.9 Å². The second-order valence-corrected chi connectivity index (χ2v) is 8.89. The van der Waals surface area contributed by atoms with Crippen LogP contribution in [0.3, 0.4) is 0 Å². The molecule has 2 heterocycles. The first kappa shape index (κ1) is 18.1. The summed E-state index contributed by atoms with van der Waals surface area (Å²) in [5.74, 6) is -0.261. The predicted octanol–water partition coefficient (Wildman–Crippen LogP) is 0.197. The molecule has 0 atom stereocenters. The number of carbonyl (C=O) groups excluding carboxylic acids is 1. The maximum atomic E-state index is 12.8. The molecule has 8 heteroatoms. The van der Waals surface area contributed by atoms with E-state index in [1.807, 2.05) is 18.2 Å². The van der Waals surface area contributed by atoms with E-state index in [0.29, 0.717) is 18.0 Å². The maximum absolute atomic E-state index is 12.8. The summed E-state index contributed by atoms with van der Waals surface area (Å²) >= 11 is 1.15. The molecule has 1 amide bonds. The van der Waals surface area contributed by atoms with E-state index < -0.39 is 10.0 Å². The lowest BCUT2D eigenvalue weighted by atomic mass is 10.2. The normalized spacial score (nSPS) is 16.7. The molecule has 0 spiro atoms. The van der Waals surface area contributed by atoms with Crippen LogP contribution in [-0.2, 0) is 16.6 Å². The summed E-state index contributed by atoms with van der Waals surface area (Å²) in [6.45, 7) is 3.46. The Balaban J connectivity index is 1.63. The van der Waals surface area contributed by atoms with Gasteiger partial charge in [-0.3, -0.25) is 4.79 Å². The number of hydrogen-bond acceptors (Lipinski definition) is 4. The smallest absolute Gasteiger partial charge is 0.261 e. The van der Waals surface area contributed by atoms with Crippen LogP contribution in [0.4, 0.5) is 0 Å². The molecule has 25 heavy (non-hydrogen) atoms. The molecule has 1 saturated heterocycles. The molecule has 1 aromatic heterocycles. The van der Waals surface area contributed by atoms with Gasteiger partial charge in [-0.25, -0.2) is 8.42 Å². The molecule has 0 bridgehead atoms. The van der Waals surface area contributed by atoms with Crippen LogP contribution in [0.25, 0.3) is 0 Å². The summed E-state index contributed by atoms with van der Waals surface area (Å²) in [6, 6.07) is 11.7. The number of benzene rings is 1. The number of thiophene rings is 1. The number of nitrogens with zero attached hydrogens (tertiary/aromatic N) is 1. The van der Waals surface area contributed by atoms with Gasteiger partial charge in [-0.05, 0) is 6.07 Å². The van der Waals surface area contributed by atoms with E-state index >= 15 is 0 Å². The van der Waals surface area contributed by atoms with Gasteiger partial charge in [-0.1, -0.05) is 30.3 Å². The summed E-state index contributed by atoms with van der Waals surface area (Å²) in [4.78, 5) is 13.6. The lowest BCUT2D eigenvalue weighted by Crippen LogP contribution is -3.13. The predicted molar refractivity (Wildman–Crippen MR) is 97.3 cm³/mol. The highest BCUT2D eigenvalue weighted by atomic mass is 32.2. The maximum Gasteiger partial charge on any atom is 0.261 e. The van der Waals surface area contributed by atoms with E-state index in [-0.39, 0.29) is 10.8 Å². The van der Waals surface area contributed by atoms with Crippen molar-refractivity contribution in [3.05, 3.63) is 52.2 Å². The topological polar surface area (TPSA) is 70.9 Å². The van der Waals surface area contributed by atoms with Gasteiger partial charge in [-0.2, -0.15) is 4.31 Å². The minimum absolute atomic E-state index is 0.211. The van der Waals surface area contributed by atoms with E-state index in [2.05, 4.69) is 17.4 Å². The Morgan fingerprint density at radius 1 is 1.24 bits per heavy atom. The van der Waals surface area contributed by atoms with Crippen LogP contribution in [0.15, 0.2) is 46.7 Å². The van der Waals surface area contributed by atoms with E-state index in [9.17, 15) is 13.2 Å². The molecular weight excluding hydrogens is 358 g/mol. The number of quaternary nitrogens is 1. The van der Waals surface area contributed by atoms with Crippen LogP contribution >= 0.6 is 11.3 Å². The van der Waals surface area contributed by atoms with Crippen molar-refractivity contribution in [2.45, 2.75) is 11.4 Å². The minimum atomic E-state index is -3.53. The van der Waals surface area contributed by atoms with Crippen LogP contribution in [0.5, 0.6) is 0 Å². The molecule has 1 aromatic carbocycles. The quantitative estimate of drug-likeness (QED) is 0.778. The van der Waals surface area contributed by atoms with Crippen molar-refractivity contribution in [3.63, 3.8) is 0 Å². The molecule has 1 aliphatic heterocycles. The second-order valence-electron chi connectivity index (χ2n) is 6.04. The Labute approximate surface area is 152 Å². The van der Waals surface area contributed by atoms with Crippen molar-refractivity contribution in [3.8, 4) is 0 Å². The van der Waals surface area contributed by atoms with Gasteiger partial charge in [0.25, 0.3) is 5.91 Å². The zero-order valence-electron chi connectivity index (χ0n) is 14.1. The van der Waals surface area contributed by atoms with Crippen molar-refractivity contribution in [2.24, 2.45) is 0 Å². The van der Waals surface area contributed by atoms with E-state index in [1.165, 1.54) is 27.9 Å². The largest absolute Gasteiger partial charge is 0.354 e. The highest BCUT2D eigenvalue weighted by molar-refractivity contribution is 7.89. The third-order valence-electron chi connectivity index (χ3n) is 4.39. The molecule has 3 rings (SSSR count). The van der Waals surface area contributed by atoms with Gasteiger partial charge in [-0.15, -0.1) is 11.3 Å². The van der Waals surface area contributed by atoms with Gasteiger partial charge in [0.2, 0.25) is 10.0 Å². The highest BCUT2D eigenvalue weighted by Gasteiger charge is 2.31. The number of amides is 1. The molecule has 0 aliphatic carbocycles. The van der Waals surface area contributed by atoms with Crippen molar-refractivity contribution in [2.75, 3.05) is 33.2 Å². The zero-order valence-corrected chi connectivity index (χ0v) is 15.7. The van der Waals surface area contributed by atoms with Gasteiger partial charge in [0.15, 0.2) is 0 Å². The average molecular weight is 381 g/mol.